The molecule has 8 heteroatoms. The predicted molar refractivity (Wildman–Crippen MR) is 71.3 cm³/mol. The van der Waals surface area contributed by atoms with Crippen LogP contribution in [0.4, 0.5) is 23.2 Å². The molecule has 1 aliphatic carbocycles. The van der Waals surface area contributed by atoms with Gasteiger partial charge in [0.15, 0.2) is 9.84 Å². The molecule has 0 bridgehead atoms. The normalized spacial score (nSPS) is 23.3. The molecule has 0 heterocycles. The zero-order valence-corrected chi connectivity index (χ0v) is 12.1. The van der Waals surface area contributed by atoms with E-state index in [0.29, 0.717) is 31.4 Å². The Morgan fingerprint density at radius 3 is 2.48 bits per heavy atom. The zero-order chi connectivity index (χ0) is 15.8. The van der Waals surface area contributed by atoms with Gasteiger partial charge < -0.3 is 5.32 Å². The van der Waals surface area contributed by atoms with Crippen molar-refractivity contribution in [2.75, 3.05) is 11.6 Å². The van der Waals surface area contributed by atoms with Crippen molar-refractivity contribution in [3.8, 4) is 0 Å². The monoisotopic (exact) mass is 325 g/mol. The maximum Gasteiger partial charge on any atom is 0.416 e. The first-order valence-electron chi connectivity index (χ1n) is 6.41. The number of hydrogen-bond donors (Lipinski definition) is 1. The third kappa shape index (κ3) is 3.66. The molecule has 0 spiro atoms. The number of benzene rings is 1. The minimum absolute atomic E-state index is 0.314. The molecule has 2 rings (SSSR count). The Bertz CT molecular complexity index is 628. The van der Waals surface area contributed by atoms with Crippen LogP contribution in [0.5, 0.6) is 0 Å². The van der Waals surface area contributed by atoms with Gasteiger partial charge in [-0.25, -0.2) is 12.8 Å². The van der Waals surface area contributed by atoms with Crippen LogP contribution in [0.3, 0.4) is 0 Å². The van der Waals surface area contributed by atoms with E-state index in [1.807, 2.05) is 0 Å². The first kappa shape index (κ1) is 16.1. The van der Waals surface area contributed by atoms with Crippen LogP contribution in [0.25, 0.3) is 0 Å². The van der Waals surface area contributed by atoms with Crippen LogP contribution in [0.1, 0.15) is 24.8 Å². The molecule has 0 amide bonds. The summed E-state index contributed by atoms with van der Waals surface area (Å²) < 4.78 is 74.8. The minimum Gasteiger partial charge on any atom is -0.379 e. The first-order valence-corrected chi connectivity index (χ1v) is 8.36. The lowest BCUT2D eigenvalue weighted by Crippen LogP contribution is -2.34. The second-order valence-electron chi connectivity index (χ2n) is 5.24. The highest BCUT2D eigenvalue weighted by molar-refractivity contribution is 7.91. The Labute approximate surface area is 120 Å². The fourth-order valence-electron chi connectivity index (χ4n) is 2.62. The van der Waals surface area contributed by atoms with Crippen molar-refractivity contribution in [3.63, 3.8) is 0 Å². The van der Waals surface area contributed by atoms with Gasteiger partial charge in [-0.15, -0.1) is 0 Å². The van der Waals surface area contributed by atoms with Crippen molar-refractivity contribution < 1.29 is 26.0 Å². The van der Waals surface area contributed by atoms with E-state index in [4.69, 9.17) is 0 Å². The Kier molecular flexibility index (Phi) is 4.19. The summed E-state index contributed by atoms with van der Waals surface area (Å²) in [5.41, 5.74) is -1.29. The van der Waals surface area contributed by atoms with Gasteiger partial charge in [-0.05, 0) is 37.5 Å². The zero-order valence-electron chi connectivity index (χ0n) is 11.2. The number of anilines is 1. The van der Waals surface area contributed by atoms with Gasteiger partial charge in [0.2, 0.25) is 0 Å². The second kappa shape index (κ2) is 5.47. The number of nitrogens with one attached hydrogen (secondary N) is 1. The molecule has 0 aliphatic heterocycles. The van der Waals surface area contributed by atoms with Gasteiger partial charge in [0, 0.05) is 12.3 Å². The van der Waals surface area contributed by atoms with E-state index in [1.165, 1.54) is 0 Å². The lowest BCUT2D eigenvalue weighted by Gasteiger charge is -2.21. The molecule has 0 saturated heterocycles. The molecule has 2 unspecified atom stereocenters. The minimum atomic E-state index is -4.57. The van der Waals surface area contributed by atoms with Crippen LogP contribution in [0.2, 0.25) is 0 Å². The second-order valence-corrected chi connectivity index (χ2v) is 7.51. The van der Waals surface area contributed by atoms with Gasteiger partial charge >= 0.3 is 6.18 Å². The summed E-state index contributed by atoms with van der Waals surface area (Å²) in [5.74, 6) is -0.831. The van der Waals surface area contributed by atoms with Gasteiger partial charge in [-0.2, -0.15) is 13.2 Å². The van der Waals surface area contributed by atoms with E-state index in [1.54, 1.807) is 0 Å². The van der Waals surface area contributed by atoms with E-state index in [9.17, 15) is 26.0 Å². The van der Waals surface area contributed by atoms with E-state index in [-0.39, 0.29) is 5.69 Å². The van der Waals surface area contributed by atoms with Gasteiger partial charge in [-0.3, -0.25) is 0 Å². The van der Waals surface area contributed by atoms with E-state index >= 15 is 0 Å². The maximum atomic E-state index is 13.7. The highest BCUT2D eigenvalue weighted by Gasteiger charge is 2.36. The summed E-state index contributed by atoms with van der Waals surface area (Å²) in [6, 6.07) is 1.49. The molecule has 1 fully saturated rings. The number of hydrogen-bond acceptors (Lipinski definition) is 3. The van der Waals surface area contributed by atoms with Crippen molar-refractivity contribution in [1.82, 2.24) is 0 Å². The van der Waals surface area contributed by atoms with Gasteiger partial charge in [0.1, 0.15) is 5.82 Å². The molecule has 1 N–H and O–H groups in total. The number of halogens is 4. The van der Waals surface area contributed by atoms with E-state index in [0.717, 1.165) is 12.3 Å². The van der Waals surface area contributed by atoms with E-state index < -0.39 is 38.7 Å². The Hall–Kier alpha value is -1.31. The topological polar surface area (TPSA) is 46.2 Å². The van der Waals surface area contributed by atoms with Crippen LogP contribution < -0.4 is 5.32 Å². The average molecular weight is 325 g/mol. The Morgan fingerprint density at radius 1 is 1.24 bits per heavy atom. The SMILES string of the molecule is CS(=O)(=O)C1CCCC1Nc1cc(C(F)(F)F)ccc1F. The third-order valence-electron chi connectivity index (χ3n) is 3.64. The molecule has 118 valence electrons. The smallest absolute Gasteiger partial charge is 0.379 e. The summed E-state index contributed by atoms with van der Waals surface area (Å²) in [7, 11) is -3.33. The maximum absolute atomic E-state index is 13.7. The highest BCUT2D eigenvalue weighted by atomic mass is 32.2. The summed E-state index contributed by atoms with van der Waals surface area (Å²) >= 11 is 0. The van der Waals surface area contributed by atoms with Crippen LogP contribution >= 0.6 is 0 Å². The first-order chi connectivity index (χ1) is 9.59. The quantitative estimate of drug-likeness (QED) is 0.868. The Morgan fingerprint density at radius 2 is 1.90 bits per heavy atom. The summed E-state index contributed by atoms with van der Waals surface area (Å²) in [6.07, 6.45) is -1.95. The van der Waals surface area contributed by atoms with Crippen molar-refractivity contribution in [1.29, 1.82) is 0 Å². The molecule has 0 radical (unpaired) electrons. The number of alkyl halides is 3. The standard InChI is InChI=1S/C13H15F4NO2S/c1-21(19,20)12-4-2-3-10(12)18-11-7-8(13(15,16)17)5-6-9(11)14/h5-7,10,12,18H,2-4H2,1H3. The Balaban J connectivity index is 2.27. The predicted octanol–water partition coefficient (Wildman–Crippen LogP) is 3.22. The van der Waals surface area contributed by atoms with Gasteiger partial charge in [0.25, 0.3) is 0 Å². The molecule has 1 aromatic carbocycles. The third-order valence-corrected chi connectivity index (χ3v) is 5.30. The van der Waals surface area contributed by atoms with Crippen LogP contribution in [-0.4, -0.2) is 26.0 Å². The largest absolute Gasteiger partial charge is 0.416 e. The molecule has 2 atom stereocenters. The molecular weight excluding hydrogens is 310 g/mol. The van der Waals surface area contributed by atoms with Crippen molar-refractivity contribution in [2.45, 2.75) is 36.7 Å². The van der Waals surface area contributed by atoms with Crippen LogP contribution in [-0.2, 0) is 16.0 Å². The fraction of sp³-hybridized carbons (Fsp3) is 0.538. The van der Waals surface area contributed by atoms with Crippen molar-refractivity contribution in [3.05, 3.63) is 29.6 Å². The molecule has 0 aromatic heterocycles. The highest BCUT2D eigenvalue weighted by Crippen LogP contribution is 2.34. The van der Waals surface area contributed by atoms with Gasteiger partial charge in [-0.1, -0.05) is 0 Å². The number of sulfone groups is 1. The van der Waals surface area contributed by atoms with E-state index in [2.05, 4.69) is 5.32 Å². The summed E-state index contributed by atoms with van der Waals surface area (Å²) in [6.45, 7) is 0. The molecular formula is C13H15F4NO2S. The molecule has 21 heavy (non-hydrogen) atoms. The summed E-state index contributed by atoms with van der Waals surface area (Å²) in [5, 5.41) is 1.92. The average Bonchev–Trinajstić information content (AvgIpc) is 2.78. The fourth-order valence-corrected chi connectivity index (χ4v) is 4.01. The van der Waals surface area contributed by atoms with Crippen molar-refractivity contribution >= 4 is 15.5 Å². The molecule has 1 saturated carbocycles. The molecule has 1 aromatic rings. The summed E-state index contributed by atoms with van der Waals surface area (Å²) in [4.78, 5) is 0. The lowest BCUT2D eigenvalue weighted by atomic mass is 10.1. The van der Waals surface area contributed by atoms with Crippen molar-refractivity contribution in [2.24, 2.45) is 0 Å². The van der Waals surface area contributed by atoms with Crippen LogP contribution in [0, 0.1) is 5.82 Å². The molecule has 1 aliphatic rings. The van der Waals surface area contributed by atoms with Crippen LogP contribution in [0.15, 0.2) is 18.2 Å². The van der Waals surface area contributed by atoms with Gasteiger partial charge in [0.05, 0.1) is 16.5 Å². The molecule has 3 nitrogen and oxygen atoms in total. The number of rotatable bonds is 3. The lowest BCUT2D eigenvalue weighted by molar-refractivity contribution is -0.137.